The van der Waals surface area contributed by atoms with Gasteiger partial charge in [0.15, 0.2) is 0 Å². The third kappa shape index (κ3) is 2.60. The standard InChI is InChI=1S/C5H11O2/c1-3-4(2)5(6)7/h4,6-7H,3H2,1-2H3. The molecule has 0 saturated heterocycles. The van der Waals surface area contributed by atoms with E-state index in [1.54, 1.807) is 6.92 Å². The lowest BCUT2D eigenvalue weighted by atomic mass is 10.1. The molecule has 0 aliphatic carbocycles. The predicted octanol–water partition coefficient (Wildman–Crippen LogP) is 1.27. The Bertz CT molecular complexity index is 43.3. The number of aliphatic hydroxyl groups excluding tert-OH is 1. The van der Waals surface area contributed by atoms with Gasteiger partial charge in [-0.05, 0) is 6.42 Å². The normalized spacial score (nSPS) is 15.0. The Morgan fingerprint density at radius 1 is 1.57 bits per heavy atom. The van der Waals surface area contributed by atoms with E-state index in [9.17, 15) is 0 Å². The number of hydrogen-bond acceptors (Lipinski definition) is 2. The lowest BCUT2D eigenvalue weighted by Gasteiger charge is -2.06. The van der Waals surface area contributed by atoms with E-state index in [2.05, 4.69) is 0 Å². The van der Waals surface area contributed by atoms with Crippen LogP contribution in [0.4, 0.5) is 0 Å². The van der Waals surface area contributed by atoms with Gasteiger partial charge in [-0.15, -0.1) is 0 Å². The second-order valence-electron chi connectivity index (χ2n) is 1.67. The van der Waals surface area contributed by atoms with Gasteiger partial charge in [0, 0.05) is 5.92 Å². The molecule has 1 radical (unpaired) electrons. The summed E-state index contributed by atoms with van der Waals surface area (Å²) >= 11 is 0. The number of hydrogen-bond donors (Lipinski definition) is 2. The zero-order chi connectivity index (χ0) is 5.86. The summed E-state index contributed by atoms with van der Waals surface area (Å²) in [6, 6.07) is 0. The highest BCUT2D eigenvalue weighted by Crippen LogP contribution is 2.09. The largest absolute Gasteiger partial charge is 0.361 e. The lowest BCUT2D eigenvalue weighted by molar-refractivity contribution is 0.0381. The van der Waals surface area contributed by atoms with Crippen molar-refractivity contribution in [2.45, 2.75) is 20.3 Å². The van der Waals surface area contributed by atoms with Crippen molar-refractivity contribution >= 4 is 0 Å². The van der Waals surface area contributed by atoms with Crippen molar-refractivity contribution in [3.05, 3.63) is 6.29 Å². The molecule has 43 valence electrons. The molecule has 0 amide bonds. The van der Waals surface area contributed by atoms with Gasteiger partial charge >= 0.3 is 0 Å². The van der Waals surface area contributed by atoms with Crippen molar-refractivity contribution in [3.8, 4) is 0 Å². The van der Waals surface area contributed by atoms with Gasteiger partial charge in [0.2, 0.25) is 6.29 Å². The third-order valence-corrected chi connectivity index (χ3v) is 1.05. The average Bonchev–Trinajstić information content (AvgIpc) is 1.65. The van der Waals surface area contributed by atoms with E-state index in [-0.39, 0.29) is 5.92 Å². The van der Waals surface area contributed by atoms with Crippen LogP contribution < -0.4 is 0 Å². The molecule has 2 N–H and O–H groups in total. The highest BCUT2D eigenvalue weighted by Gasteiger charge is 2.07. The summed E-state index contributed by atoms with van der Waals surface area (Å²) in [5.41, 5.74) is 0. The minimum Gasteiger partial charge on any atom is -0.361 e. The molecule has 0 spiro atoms. The predicted molar refractivity (Wildman–Crippen MR) is 26.6 cm³/mol. The average molecular weight is 103 g/mol. The van der Waals surface area contributed by atoms with Crippen LogP contribution in [0.15, 0.2) is 0 Å². The van der Waals surface area contributed by atoms with E-state index in [0.29, 0.717) is 0 Å². The second kappa shape index (κ2) is 2.99. The van der Waals surface area contributed by atoms with Crippen molar-refractivity contribution in [1.29, 1.82) is 0 Å². The summed E-state index contributed by atoms with van der Waals surface area (Å²) < 4.78 is 0. The summed E-state index contributed by atoms with van der Waals surface area (Å²) in [5.74, 6) is -0.0694. The van der Waals surface area contributed by atoms with Crippen molar-refractivity contribution in [3.63, 3.8) is 0 Å². The smallest absolute Gasteiger partial charge is 0.221 e. The molecule has 2 heteroatoms. The maximum absolute atomic E-state index is 8.29. The maximum Gasteiger partial charge on any atom is 0.221 e. The molecule has 0 aromatic heterocycles. The van der Waals surface area contributed by atoms with E-state index in [1.807, 2.05) is 6.92 Å². The Morgan fingerprint density at radius 2 is 2.00 bits per heavy atom. The van der Waals surface area contributed by atoms with Crippen LogP contribution in [0.5, 0.6) is 0 Å². The Balaban J connectivity index is 3.14. The molecular weight excluding hydrogens is 92.1 g/mol. The second-order valence-corrected chi connectivity index (χ2v) is 1.67. The first-order chi connectivity index (χ1) is 3.18. The van der Waals surface area contributed by atoms with Crippen LogP contribution in [-0.4, -0.2) is 10.2 Å². The van der Waals surface area contributed by atoms with Gasteiger partial charge in [-0.2, -0.15) is 0 Å². The lowest BCUT2D eigenvalue weighted by Crippen LogP contribution is -2.04. The monoisotopic (exact) mass is 103 g/mol. The minimum atomic E-state index is -0.456. The zero-order valence-corrected chi connectivity index (χ0v) is 4.68. The molecule has 0 heterocycles. The van der Waals surface area contributed by atoms with E-state index in [1.165, 1.54) is 0 Å². The summed E-state index contributed by atoms with van der Waals surface area (Å²) in [6.45, 7) is 3.66. The van der Waals surface area contributed by atoms with Gasteiger partial charge in [0.05, 0.1) is 0 Å². The van der Waals surface area contributed by atoms with Crippen molar-refractivity contribution < 1.29 is 10.2 Å². The van der Waals surface area contributed by atoms with Crippen LogP contribution in [-0.2, 0) is 0 Å². The highest BCUT2D eigenvalue weighted by atomic mass is 16.5. The first-order valence-electron chi connectivity index (χ1n) is 2.43. The fourth-order valence-electron chi connectivity index (χ4n) is 0.183. The molecule has 0 aromatic rings. The van der Waals surface area contributed by atoms with Gasteiger partial charge in [0.25, 0.3) is 0 Å². The number of aliphatic hydroxyl groups is 2. The van der Waals surface area contributed by atoms with Crippen molar-refractivity contribution in [1.82, 2.24) is 0 Å². The number of rotatable bonds is 2. The molecule has 0 aliphatic heterocycles. The molecular formula is C5H11O2. The quantitative estimate of drug-likeness (QED) is 0.552. The molecule has 0 aromatic carbocycles. The molecule has 0 aliphatic rings. The molecule has 0 bridgehead atoms. The van der Waals surface area contributed by atoms with Crippen LogP contribution in [0.3, 0.4) is 0 Å². The maximum atomic E-state index is 8.29. The summed E-state index contributed by atoms with van der Waals surface area (Å²) in [4.78, 5) is 0. The Hall–Kier alpha value is -0.0800. The molecule has 0 fully saturated rings. The topological polar surface area (TPSA) is 40.5 Å². The zero-order valence-electron chi connectivity index (χ0n) is 4.68. The van der Waals surface area contributed by atoms with Crippen molar-refractivity contribution in [2.24, 2.45) is 5.92 Å². The molecule has 2 nitrogen and oxygen atoms in total. The molecule has 0 saturated carbocycles. The first-order valence-corrected chi connectivity index (χ1v) is 2.43. The summed E-state index contributed by atoms with van der Waals surface area (Å²) in [5, 5.41) is 16.6. The fraction of sp³-hybridized carbons (Fsp3) is 0.800. The molecule has 1 unspecified atom stereocenters. The van der Waals surface area contributed by atoms with Gasteiger partial charge in [-0.25, -0.2) is 0 Å². The summed E-state index contributed by atoms with van der Waals surface area (Å²) in [7, 11) is 0. The van der Waals surface area contributed by atoms with Gasteiger partial charge in [0.1, 0.15) is 0 Å². The van der Waals surface area contributed by atoms with Crippen LogP contribution in [0, 0.1) is 12.2 Å². The SMILES string of the molecule is CCC(C)[C](O)O. The van der Waals surface area contributed by atoms with E-state index in [4.69, 9.17) is 10.2 Å². The molecule has 0 rings (SSSR count). The van der Waals surface area contributed by atoms with Gasteiger partial charge in [-0.3, -0.25) is 0 Å². The molecule has 7 heavy (non-hydrogen) atoms. The Kier molecular flexibility index (Phi) is 2.96. The van der Waals surface area contributed by atoms with E-state index in [0.717, 1.165) is 6.42 Å². The Morgan fingerprint density at radius 3 is 2.00 bits per heavy atom. The summed E-state index contributed by atoms with van der Waals surface area (Å²) in [6.07, 6.45) is 0.324. The van der Waals surface area contributed by atoms with Gasteiger partial charge in [-0.1, -0.05) is 13.8 Å². The van der Waals surface area contributed by atoms with Crippen LogP contribution in [0.1, 0.15) is 20.3 Å². The van der Waals surface area contributed by atoms with Crippen LogP contribution in [0.2, 0.25) is 0 Å². The van der Waals surface area contributed by atoms with Gasteiger partial charge < -0.3 is 10.2 Å². The third-order valence-electron chi connectivity index (χ3n) is 1.05. The molecule has 1 atom stereocenters. The van der Waals surface area contributed by atoms with Crippen molar-refractivity contribution in [2.75, 3.05) is 0 Å². The van der Waals surface area contributed by atoms with E-state index < -0.39 is 6.29 Å². The first kappa shape index (κ1) is 6.92. The Labute approximate surface area is 43.8 Å². The highest BCUT2D eigenvalue weighted by molar-refractivity contribution is 4.64. The van der Waals surface area contributed by atoms with E-state index >= 15 is 0 Å². The van der Waals surface area contributed by atoms with Crippen LogP contribution in [0.25, 0.3) is 0 Å². The minimum absolute atomic E-state index is 0.0694. The van der Waals surface area contributed by atoms with Crippen LogP contribution >= 0.6 is 0 Å². The fourth-order valence-corrected chi connectivity index (χ4v) is 0.183.